The molecule has 0 saturated carbocycles. The van der Waals surface area contributed by atoms with E-state index in [9.17, 15) is 9.18 Å². The quantitative estimate of drug-likeness (QED) is 0.484. The fourth-order valence-corrected chi connectivity index (χ4v) is 4.42. The molecule has 2 aromatic heterocycles. The molecule has 6 rings (SSSR count). The monoisotopic (exact) mass is 437 g/mol. The summed E-state index contributed by atoms with van der Waals surface area (Å²) in [6.07, 6.45) is 4.09. The van der Waals surface area contributed by atoms with E-state index in [2.05, 4.69) is 30.5 Å². The Morgan fingerprint density at radius 2 is 2.22 bits per heavy atom. The summed E-state index contributed by atoms with van der Waals surface area (Å²) in [5.74, 6) is -0.109. The zero-order chi connectivity index (χ0) is 21.9. The van der Waals surface area contributed by atoms with Crippen LogP contribution < -0.4 is 27.0 Å². The average Bonchev–Trinajstić information content (AvgIpc) is 3.51. The molecule has 1 aromatic carbocycles. The number of hydrogen-bond donors (Lipinski definition) is 4. The molecule has 0 amide bonds. The van der Waals surface area contributed by atoms with E-state index in [0.717, 1.165) is 31.6 Å². The summed E-state index contributed by atoms with van der Waals surface area (Å²) >= 11 is 0. The minimum Gasteiger partial charge on any atom is -0.408 e. The number of fused-ring (bicyclic) bond motifs is 3. The highest BCUT2D eigenvalue weighted by Gasteiger charge is 2.40. The van der Waals surface area contributed by atoms with Crippen LogP contribution in [0.2, 0.25) is 0 Å². The maximum Gasteiger partial charge on any atom is 0.417 e. The van der Waals surface area contributed by atoms with Gasteiger partial charge in [0.05, 0.1) is 42.4 Å². The Morgan fingerprint density at radius 1 is 1.31 bits per heavy atom. The number of pyridine rings is 1. The van der Waals surface area contributed by atoms with Gasteiger partial charge in [-0.2, -0.15) is 0 Å². The van der Waals surface area contributed by atoms with Crippen LogP contribution in [0.3, 0.4) is 0 Å². The molecule has 0 spiro atoms. The highest BCUT2D eigenvalue weighted by atomic mass is 19.1. The Bertz CT molecular complexity index is 1310. The molecular weight excluding hydrogens is 417 g/mol. The summed E-state index contributed by atoms with van der Waals surface area (Å²) in [6.45, 7) is 1.59. The van der Waals surface area contributed by atoms with Crippen molar-refractivity contribution in [2.45, 2.75) is 24.2 Å². The number of hydrogen-bond acceptors (Lipinski definition) is 9. The standard InChI is InChI=1S/C21H20FN7O3/c22-17-8-25-19(28-21(17,23)11-1-3-16-15(5-11)27-20(30)32-16)26-12-2-4-18(24-7-12)29-9-14-6-13(29)10-31-14/h1-5,7-8,13-14H,6,9-10,23H2,(H,27,30)(H2,25,26,28)/t13-,14-,21?/m0/s1. The van der Waals surface area contributed by atoms with Crippen molar-refractivity contribution in [2.24, 2.45) is 10.7 Å². The fourth-order valence-electron chi connectivity index (χ4n) is 4.42. The van der Waals surface area contributed by atoms with Crippen molar-refractivity contribution >= 4 is 28.6 Å². The number of nitrogens with zero attached hydrogens (tertiary/aromatic N) is 3. The van der Waals surface area contributed by atoms with E-state index >= 15 is 0 Å². The van der Waals surface area contributed by atoms with Gasteiger partial charge in [0.2, 0.25) is 5.96 Å². The number of aliphatic imine (C=N–C) groups is 1. The lowest BCUT2D eigenvalue weighted by atomic mass is 9.98. The first-order valence-electron chi connectivity index (χ1n) is 10.2. The van der Waals surface area contributed by atoms with Gasteiger partial charge < -0.3 is 24.7 Å². The van der Waals surface area contributed by atoms with Gasteiger partial charge in [-0.15, -0.1) is 0 Å². The fraction of sp³-hybridized carbons (Fsp3) is 0.286. The lowest BCUT2D eigenvalue weighted by Gasteiger charge is -2.33. The number of H-pyrrole nitrogens is 1. The van der Waals surface area contributed by atoms with E-state index in [-0.39, 0.29) is 5.96 Å². The molecule has 0 radical (unpaired) electrons. The second-order valence-electron chi connectivity index (χ2n) is 8.14. The van der Waals surface area contributed by atoms with Gasteiger partial charge in [-0.25, -0.2) is 19.2 Å². The van der Waals surface area contributed by atoms with Gasteiger partial charge >= 0.3 is 5.76 Å². The van der Waals surface area contributed by atoms with Crippen LogP contribution in [0.25, 0.3) is 11.1 Å². The molecule has 3 aliphatic rings. The smallest absolute Gasteiger partial charge is 0.408 e. The van der Waals surface area contributed by atoms with Crippen molar-refractivity contribution < 1.29 is 13.5 Å². The highest BCUT2D eigenvalue weighted by Crippen LogP contribution is 2.32. The van der Waals surface area contributed by atoms with Gasteiger partial charge in [-0.05, 0) is 30.7 Å². The molecule has 3 aliphatic heterocycles. The molecule has 3 aromatic rings. The summed E-state index contributed by atoms with van der Waals surface area (Å²) in [5.41, 5.74) is 6.55. The lowest BCUT2D eigenvalue weighted by molar-refractivity contribution is 0.0989. The zero-order valence-electron chi connectivity index (χ0n) is 16.8. The summed E-state index contributed by atoms with van der Waals surface area (Å²) < 4.78 is 25.4. The average molecular weight is 437 g/mol. The first kappa shape index (κ1) is 19.0. The number of oxazole rings is 1. The molecule has 164 valence electrons. The summed E-state index contributed by atoms with van der Waals surface area (Å²) in [6, 6.07) is 8.91. The van der Waals surface area contributed by atoms with E-state index in [1.807, 2.05) is 12.1 Å². The molecule has 32 heavy (non-hydrogen) atoms. The number of guanidine groups is 1. The van der Waals surface area contributed by atoms with Crippen molar-refractivity contribution in [1.82, 2.24) is 15.3 Å². The van der Waals surface area contributed by atoms with Crippen LogP contribution >= 0.6 is 0 Å². The number of benzene rings is 1. The van der Waals surface area contributed by atoms with Crippen LogP contribution in [0.5, 0.6) is 0 Å². The predicted molar refractivity (Wildman–Crippen MR) is 116 cm³/mol. The van der Waals surface area contributed by atoms with Gasteiger partial charge in [0.1, 0.15) is 5.82 Å². The second kappa shape index (κ2) is 6.90. The predicted octanol–water partition coefficient (Wildman–Crippen LogP) is 1.49. The number of aromatic amines is 1. The number of morpholine rings is 1. The maximum atomic E-state index is 14.8. The van der Waals surface area contributed by atoms with E-state index in [1.54, 1.807) is 24.4 Å². The molecule has 3 atom stereocenters. The van der Waals surface area contributed by atoms with Crippen LogP contribution in [0.15, 0.2) is 62.8 Å². The third-order valence-corrected chi connectivity index (χ3v) is 6.08. The van der Waals surface area contributed by atoms with Crippen molar-refractivity contribution in [2.75, 3.05) is 23.4 Å². The highest BCUT2D eigenvalue weighted by molar-refractivity contribution is 5.95. The van der Waals surface area contributed by atoms with Crippen LogP contribution in [0, 0.1) is 0 Å². The Hall–Kier alpha value is -3.70. The topological polar surface area (TPSA) is 134 Å². The minimum absolute atomic E-state index is 0.262. The number of anilines is 2. The van der Waals surface area contributed by atoms with E-state index < -0.39 is 17.2 Å². The summed E-state index contributed by atoms with van der Waals surface area (Å²) in [7, 11) is 0. The first-order valence-corrected chi connectivity index (χ1v) is 10.2. The van der Waals surface area contributed by atoms with Crippen molar-refractivity contribution in [1.29, 1.82) is 0 Å². The van der Waals surface area contributed by atoms with Gasteiger partial charge in [0.15, 0.2) is 17.1 Å². The Balaban J connectivity index is 1.21. The van der Waals surface area contributed by atoms with Crippen molar-refractivity contribution in [3.63, 3.8) is 0 Å². The molecule has 10 nitrogen and oxygen atoms in total. The molecular formula is C21H20FN7O3. The van der Waals surface area contributed by atoms with Crippen LogP contribution in [-0.4, -0.2) is 41.2 Å². The number of ether oxygens (including phenoxy) is 1. The van der Waals surface area contributed by atoms with Gasteiger partial charge in [-0.3, -0.25) is 10.7 Å². The SMILES string of the molecule is NC1(c2ccc3oc(=O)[nH]c3c2)NC(Nc2ccc(N3C[C@@H]4C[C@H]3CO4)nc2)=NC=C1F. The number of nitrogens with two attached hydrogens (primary N) is 1. The molecule has 0 aliphatic carbocycles. The number of nitrogens with one attached hydrogen (secondary N) is 3. The zero-order valence-corrected chi connectivity index (χ0v) is 16.8. The van der Waals surface area contributed by atoms with Crippen LogP contribution in [-0.2, 0) is 10.4 Å². The molecule has 2 bridgehead atoms. The third kappa shape index (κ3) is 3.05. The normalized spacial score (nSPS) is 26.8. The molecule has 2 saturated heterocycles. The van der Waals surface area contributed by atoms with Crippen molar-refractivity contribution in [3.8, 4) is 0 Å². The Morgan fingerprint density at radius 3 is 2.97 bits per heavy atom. The minimum atomic E-state index is -1.67. The molecule has 5 heterocycles. The Labute approximate surface area is 181 Å². The van der Waals surface area contributed by atoms with Crippen LogP contribution in [0.1, 0.15) is 12.0 Å². The van der Waals surface area contributed by atoms with E-state index in [1.165, 1.54) is 0 Å². The molecule has 2 fully saturated rings. The summed E-state index contributed by atoms with van der Waals surface area (Å²) in [4.78, 5) is 24.8. The van der Waals surface area contributed by atoms with Crippen molar-refractivity contribution in [3.05, 3.63) is 64.7 Å². The number of rotatable bonds is 3. The number of halogens is 1. The lowest BCUT2D eigenvalue weighted by Crippen LogP contribution is -2.56. The van der Waals surface area contributed by atoms with Gasteiger partial charge in [0.25, 0.3) is 0 Å². The largest absolute Gasteiger partial charge is 0.417 e. The molecule has 5 N–H and O–H groups in total. The Kier molecular flexibility index (Phi) is 4.10. The van der Waals surface area contributed by atoms with Gasteiger partial charge in [-0.1, -0.05) is 6.07 Å². The molecule has 1 unspecified atom stereocenters. The molecule has 11 heteroatoms. The summed E-state index contributed by atoms with van der Waals surface area (Å²) in [5, 5.41) is 5.99. The second-order valence-corrected chi connectivity index (χ2v) is 8.14. The van der Waals surface area contributed by atoms with E-state index in [0.29, 0.717) is 34.5 Å². The van der Waals surface area contributed by atoms with E-state index in [4.69, 9.17) is 14.9 Å². The number of aromatic nitrogens is 2. The maximum absolute atomic E-state index is 14.8. The third-order valence-electron chi connectivity index (χ3n) is 6.08. The first-order chi connectivity index (χ1) is 15.5. The van der Waals surface area contributed by atoms with Gasteiger partial charge in [0, 0.05) is 12.1 Å². The van der Waals surface area contributed by atoms with Crippen LogP contribution in [0.4, 0.5) is 15.9 Å².